The van der Waals surface area contributed by atoms with Crippen LogP contribution in [0, 0.1) is 13.8 Å². The molecule has 0 saturated heterocycles. The van der Waals surface area contributed by atoms with Gasteiger partial charge in [-0.05, 0) is 30.2 Å². The van der Waals surface area contributed by atoms with Crippen molar-refractivity contribution in [1.82, 2.24) is 9.78 Å². The van der Waals surface area contributed by atoms with E-state index in [1.165, 1.54) is 16.3 Å². The van der Waals surface area contributed by atoms with Crippen molar-refractivity contribution < 1.29 is 0 Å². The highest BCUT2D eigenvalue weighted by molar-refractivity contribution is 6.17. The normalized spacial score (nSPS) is 11.2. The van der Waals surface area contributed by atoms with Gasteiger partial charge in [0.1, 0.15) is 0 Å². The van der Waals surface area contributed by atoms with E-state index >= 15 is 0 Å². The minimum absolute atomic E-state index is 0.521. The second kappa shape index (κ2) is 5.29. The third kappa shape index (κ3) is 2.20. The molecule has 0 fully saturated rings. The zero-order chi connectivity index (χ0) is 14.1. The summed E-state index contributed by atoms with van der Waals surface area (Å²) >= 11 is 6.00. The van der Waals surface area contributed by atoms with Crippen LogP contribution in [0.2, 0.25) is 0 Å². The SMILES string of the molecule is Cc1nn(Cc2cccc3ccccc23)c(C)c1CCl. The Hall–Kier alpha value is -1.80. The quantitative estimate of drug-likeness (QED) is 0.650. The van der Waals surface area contributed by atoms with Gasteiger partial charge in [0.25, 0.3) is 0 Å². The zero-order valence-corrected chi connectivity index (χ0v) is 12.5. The van der Waals surface area contributed by atoms with Gasteiger partial charge < -0.3 is 0 Å². The molecule has 3 aromatic rings. The summed E-state index contributed by atoms with van der Waals surface area (Å²) in [7, 11) is 0. The molecule has 0 radical (unpaired) electrons. The van der Waals surface area contributed by atoms with Gasteiger partial charge in [-0.15, -0.1) is 11.6 Å². The van der Waals surface area contributed by atoms with Crippen LogP contribution in [0.3, 0.4) is 0 Å². The van der Waals surface area contributed by atoms with Crippen LogP contribution in [0.1, 0.15) is 22.5 Å². The summed E-state index contributed by atoms with van der Waals surface area (Å²) < 4.78 is 2.05. The molecule has 0 atom stereocenters. The Morgan fingerprint density at radius 3 is 2.55 bits per heavy atom. The first-order valence-corrected chi connectivity index (χ1v) is 7.29. The van der Waals surface area contributed by atoms with E-state index in [0.29, 0.717) is 5.88 Å². The van der Waals surface area contributed by atoms with Crippen molar-refractivity contribution in [2.45, 2.75) is 26.3 Å². The van der Waals surface area contributed by atoms with Crippen LogP contribution in [0.4, 0.5) is 0 Å². The highest BCUT2D eigenvalue weighted by Crippen LogP contribution is 2.21. The Balaban J connectivity index is 2.06. The van der Waals surface area contributed by atoms with Gasteiger partial charge in [0.05, 0.1) is 18.1 Å². The molecule has 1 aromatic heterocycles. The molecule has 3 rings (SSSR count). The first kappa shape index (κ1) is 13.2. The van der Waals surface area contributed by atoms with E-state index in [0.717, 1.165) is 23.5 Å². The molecule has 0 aliphatic carbocycles. The standard InChI is InChI=1S/C17H17ClN2/c1-12-17(10-18)13(2)20(19-12)11-15-8-5-7-14-6-3-4-9-16(14)15/h3-9H,10-11H2,1-2H3. The monoisotopic (exact) mass is 284 g/mol. The molecule has 0 spiro atoms. The lowest BCUT2D eigenvalue weighted by molar-refractivity contribution is 0.661. The second-order valence-electron chi connectivity index (χ2n) is 5.08. The molecule has 0 unspecified atom stereocenters. The predicted octanol–water partition coefficient (Wildman–Crippen LogP) is 4.44. The van der Waals surface area contributed by atoms with Gasteiger partial charge >= 0.3 is 0 Å². The van der Waals surface area contributed by atoms with Crippen LogP contribution in [-0.4, -0.2) is 9.78 Å². The van der Waals surface area contributed by atoms with E-state index in [4.69, 9.17) is 11.6 Å². The van der Waals surface area contributed by atoms with E-state index in [2.05, 4.69) is 59.2 Å². The summed E-state index contributed by atoms with van der Waals surface area (Å²) in [6, 6.07) is 14.9. The lowest BCUT2D eigenvalue weighted by Gasteiger charge is -2.08. The summed E-state index contributed by atoms with van der Waals surface area (Å²) in [6.07, 6.45) is 0. The number of aryl methyl sites for hydroxylation is 1. The molecule has 2 nitrogen and oxygen atoms in total. The van der Waals surface area contributed by atoms with E-state index < -0.39 is 0 Å². The van der Waals surface area contributed by atoms with Gasteiger partial charge in [-0.25, -0.2) is 0 Å². The van der Waals surface area contributed by atoms with E-state index in [9.17, 15) is 0 Å². The number of alkyl halides is 1. The highest BCUT2D eigenvalue weighted by Gasteiger charge is 2.11. The number of halogens is 1. The minimum atomic E-state index is 0.521. The van der Waals surface area contributed by atoms with E-state index in [1.54, 1.807) is 0 Å². The molecule has 0 bridgehead atoms. The summed E-state index contributed by atoms with van der Waals surface area (Å²) in [5, 5.41) is 7.17. The molecule has 0 N–H and O–H groups in total. The molecule has 0 aliphatic heterocycles. The van der Waals surface area contributed by atoms with E-state index in [1.807, 2.05) is 6.92 Å². The molecule has 2 aromatic carbocycles. The number of hydrogen-bond acceptors (Lipinski definition) is 1. The van der Waals surface area contributed by atoms with Gasteiger partial charge in [-0.3, -0.25) is 4.68 Å². The summed E-state index contributed by atoms with van der Waals surface area (Å²) in [5.74, 6) is 0.521. The molecule has 102 valence electrons. The average molecular weight is 285 g/mol. The Morgan fingerprint density at radius 1 is 1.05 bits per heavy atom. The molecule has 3 heteroatoms. The Kier molecular flexibility index (Phi) is 3.49. The van der Waals surface area contributed by atoms with Crippen LogP contribution in [0.15, 0.2) is 42.5 Å². The number of benzene rings is 2. The molecule has 0 amide bonds. The lowest BCUT2D eigenvalue weighted by atomic mass is 10.0. The fourth-order valence-corrected chi connectivity index (χ4v) is 3.06. The van der Waals surface area contributed by atoms with Crippen LogP contribution in [0.5, 0.6) is 0 Å². The number of fused-ring (bicyclic) bond motifs is 1. The summed E-state index contributed by atoms with van der Waals surface area (Å²) in [4.78, 5) is 0. The van der Waals surface area contributed by atoms with E-state index in [-0.39, 0.29) is 0 Å². The largest absolute Gasteiger partial charge is 0.265 e. The third-order valence-corrected chi connectivity index (χ3v) is 4.13. The highest BCUT2D eigenvalue weighted by atomic mass is 35.5. The van der Waals surface area contributed by atoms with Crippen LogP contribution in [0.25, 0.3) is 10.8 Å². The summed E-state index contributed by atoms with van der Waals surface area (Å²) in [6.45, 7) is 4.89. The number of aromatic nitrogens is 2. The molecular weight excluding hydrogens is 268 g/mol. The predicted molar refractivity (Wildman–Crippen MR) is 84.3 cm³/mol. The summed E-state index contributed by atoms with van der Waals surface area (Å²) in [5.41, 5.74) is 4.62. The minimum Gasteiger partial charge on any atom is -0.265 e. The fourth-order valence-electron chi connectivity index (χ4n) is 2.67. The third-order valence-electron chi connectivity index (χ3n) is 3.87. The number of rotatable bonds is 3. The maximum Gasteiger partial charge on any atom is 0.0668 e. The van der Waals surface area contributed by atoms with Gasteiger partial charge in [0.15, 0.2) is 0 Å². The molecule has 1 heterocycles. The van der Waals surface area contributed by atoms with Crippen LogP contribution >= 0.6 is 11.6 Å². The molecule has 0 saturated carbocycles. The van der Waals surface area contributed by atoms with Crippen molar-refractivity contribution in [2.75, 3.05) is 0 Å². The topological polar surface area (TPSA) is 17.8 Å². The second-order valence-corrected chi connectivity index (χ2v) is 5.35. The molecular formula is C17H17ClN2. The van der Waals surface area contributed by atoms with Crippen LogP contribution in [-0.2, 0) is 12.4 Å². The van der Waals surface area contributed by atoms with Crippen molar-refractivity contribution in [3.05, 3.63) is 65.0 Å². The van der Waals surface area contributed by atoms with Gasteiger partial charge in [-0.1, -0.05) is 42.5 Å². The number of hydrogen-bond donors (Lipinski definition) is 0. The van der Waals surface area contributed by atoms with Crippen molar-refractivity contribution in [1.29, 1.82) is 0 Å². The fraction of sp³-hybridized carbons (Fsp3) is 0.235. The maximum absolute atomic E-state index is 6.00. The van der Waals surface area contributed by atoms with Gasteiger partial charge in [0.2, 0.25) is 0 Å². The Morgan fingerprint density at radius 2 is 1.80 bits per heavy atom. The first-order valence-electron chi connectivity index (χ1n) is 6.76. The van der Waals surface area contributed by atoms with Crippen molar-refractivity contribution >= 4 is 22.4 Å². The maximum atomic E-state index is 6.00. The molecule has 20 heavy (non-hydrogen) atoms. The van der Waals surface area contributed by atoms with Crippen molar-refractivity contribution in [3.8, 4) is 0 Å². The molecule has 0 aliphatic rings. The first-order chi connectivity index (χ1) is 9.70. The number of nitrogens with zero attached hydrogens (tertiary/aromatic N) is 2. The van der Waals surface area contributed by atoms with Gasteiger partial charge in [-0.2, -0.15) is 5.10 Å². The lowest BCUT2D eigenvalue weighted by Crippen LogP contribution is -2.04. The Labute approximate surface area is 124 Å². The Bertz CT molecular complexity index is 754. The van der Waals surface area contributed by atoms with Crippen molar-refractivity contribution in [3.63, 3.8) is 0 Å². The van der Waals surface area contributed by atoms with Crippen LogP contribution < -0.4 is 0 Å². The zero-order valence-electron chi connectivity index (χ0n) is 11.7. The van der Waals surface area contributed by atoms with Gasteiger partial charge in [0, 0.05) is 11.3 Å². The van der Waals surface area contributed by atoms with Crippen molar-refractivity contribution in [2.24, 2.45) is 0 Å². The smallest absolute Gasteiger partial charge is 0.0668 e. The average Bonchev–Trinajstić information content (AvgIpc) is 2.73.